The van der Waals surface area contributed by atoms with Crippen LogP contribution < -0.4 is 0 Å². The summed E-state index contributed by atoms with van der Waals surface area (Å²) in [7, 11) is 0. The molecule has 0 unspecified atom stereocenters. The van der Waals surface area contributed by atoms with Gasteiger partial charge in [-0.3, -0.25) is 4.39 Å². The molecule has 0 aliphatic carbocycles. The Bertz CT molecular complexity index is 130. The molecule has 0 aliphatic heterocycles. The molecule has 0 saturated carbocycles. The van der Waals surface area contributed by atoms with Crippen molar-refractivity contribution in [1.29, 1.82) is 0 Å². The highest BCUT2D eigenvalue weighted by molar-refractivity contribution is 4.63. The SMILES string of the molecule is FCCCOC(F)(F)C(F)(F)F. The maximum atomic E-state index is 11.8. The van der Waals surface area contributed by atoms with Crippen LogP contribution >= 0.6 is 0 Å². The Balaban J connectivity index is 3.88. The lowest BCUT2D eigenvalue weighted by Gasteiger charge is -2.18. The number of rotatable bonds is 4. The van der Waals surface area contributed by atoms with E-state index in [1.165, 1.54) is 0 Å². The maximum absolute atomic E-state index is 11.8. The molecule has 1 nitrogen and oxygen atoms in total. The third-order valence-corrected chi connectivity index (χ3v) is 0.891. The number of hydrogen-bond donors (Lipinski definition) is 0. The van der Waals surface area contributed by atoms with Crippen LogP contribution in [0.2, 0.25) is 0 Å². The Morgan fingerprint density at radius 1 is 1.00 bits per heavy atom. The largest absolute Gasteiger partial charge is 0.482 e. The molecule has 0 radical (unpaired) electrons. The third-order valence-electron chi connectivity index (χ3n) is 0.891. The van der Waals surface area contributed by atoms with E-state index in [-0.39, 0.29) is 0 Å². The summed E-state index contributed by atoms with van der Waals surface area (Å²) in [5.41, 5.74) is 0. The van der Waals surface area contributed by atoms with Crippen LogP contribution in [-0.4, -0.2) is 25.6 Å². The maximum Gasteiger partial charge on any atom is 0.482 e. The molecular weight excluding hydrogens is 190 g/mol. The minimum atomic E-state index is -5.73. The summed E-state index contributed by atoms with van der Waals surface area (Å²) in [6.07, 6.45) is -11.4. The molecule has 7 heteroatoms. The van der Waals surface area contributed by atoms with Crippen molar-refractivity contribution in [2.45, 2.75) is 18.7 Å². The summed E-state index contributed by atoms with van der Waals surface area (Å²) in [5.74, 6) is 0. The first-order valence-corrected chi connectivity index (χ1v) is 2.95. The highest BCUT2D eigenvalue weighted by Crippen LogP contribution is 2.36. The molecule has 0 spiro atoms. The van der Waals surface area contributed by atoms with Gasteiger partial charge in [-0.05, 0) is 6.42 Å². The van der Waals surface area contributed by atoms with Gasteiger partial charge in [0, 0.05) is 0 Å². The third kappa shape index (κ3) is 3.29. The van der Waals surface area contributed by atoms with E-state index in [2.05, 4.69) is 4.74 Å². The molecule has 0 aromatic heterocycles. The van der Waals surface area contributed by atoms with Crippen LogP contribution in [0.5, 0.6) is 0 Å². The summed E-state index contributed by atoms with van der Waals surface area (Å²) in [6.45, 7) is -1.95. The van der Waals surface area contributed by atoms with Crippen molar-refractivity contribution in [2.24, 2.45) is 0 Å². The van der Waals surface area contributed by atoms with Crippen molar-refractivity contribution in [3.05, 3.63) is 0 Å². The summed E-state index contributed by atoms with van der Waals surface area (Å²) >= 11 is 0. The van der Waals surface area contributed by atoms with Gasteiger partial charge in [0.2, 0.25) is 0 Å². The first kappa shape index (κ1) is 11.5. The molecule has 0 atom stereocenters. The van der Waals surface area contributed by atoms with Crippen LogP contribution in [0.4, 0.5) is 26.3 Å². The fraction of sp³-hybridized carbons (Fsp3) is 1.00. The van der Waals surface area contributed by atoms with E-state index in [1.54, 1.807) is 0 Å². The lowest BCUT2D eigenvalue weighted by molar-refractivity contribution is -0.391. The van der Waals surface area contributed by atoms with Crippen molar-refractivity contribution < 1.29 is 31.1 Å². The zero-order valence-corrected chi connectivity index (χ0v) is 5.80. The summed E-state index contributed by atoms with van der Waals surface area (Å²) < 4.78 is 71.8. The lowest BCUT2D eigenvalue weighted by Crippen LogP contribution is -2.39. The van der Waals surface area contributed by atoms with E-state index in [9.17, 15) is 26.3 Å². The van der Waals surface area contributed by atoms with Crippen molar-refractivity contribution >= 4 is 0 Å². The monoisotopic (exact) mass is 196 g/mol. The Labute approximate surface area is 64.3 Å². The van der Waals surface area contributed by atoms with E-state index >= 15 is 0 Å². The van der Waals surface area contributed by atoms with Crippen LogP contribution in [0.3, 0.4) is 0 Å². The Morgan fingerprint density at radius 2 is 1.50 bits per heavy atom. The Kier molecular flexibility index (Phi) is 3.82. The second-order valence-corrected chi connectivity index (χ2v) is 1.91. The van der Waals surface area contributed by atoms with Gasteiger partial charge in [0.05, 0.1) is 13.3 Å². The van der Waals surface area contributed by atoms with Crippen LogP contribution in [0, 0.1) is 0 Å². The van der Waals surface area contributed by atoms with Gasteiger partial charge in [0.15, 0.2) is 0 Å². The molecule has 0 amide bonds. The van der Waals surface area contributed by atoms with Gasteiger partial charge in [0.1, 0.15) is 0 Å². The van der Waals surface area contributed by atoms with Crippen LogP contribution in [0.1, 0.15) is 6.42 Å². The van der Waals surface area contributed by atoms with Crippen molar-refractivity contribution in [2.75, 3.05) is 13.3 Å². The van der Waals surface area contributed by atoms with Crippen molar-refractivity contribution in [3.8, 4) is 0 Å². The van der Waals surface area contributed by atoms with Crippen molar-refractivity contribution in [3.63, 3.8) is 0 Å². The summed E-state index contributed by atoms with van der Waals surface area (Å²) in [5, 5.41) is 0. The average Bonchev–Trinajstić information content (AvgIpc) is 1.85. The number of alkyl halides is 6. The highest BCUT2D eigenvalue weighted by Gasteiger charge is 2.59. The van der Waals surface area contributed by atoms with Gasteiger partial charge in [-0.2, -0.15) is 22.0 Å². The number of hydrogen-bond acceptors (Lipinski definition) is 1. The fourth-order valence-electron chi connectivity index (χ4n) is 0.337. The van der Waals surface area contributed by atoms with Gasteiger partial charge < -0.3 is 4.74 Å². The standard InChI is InChI=1S/C5H6F6O/c6-2-1-3-12-5(10,11)4(7,8)9/h1-3H2. The molecule has 0 bridgehead atoms. The normalized spacial score (nSPS) is 13.5. The van der Waals surface area contributed by atoms with Crippen LogP contribution in [0.15, 0.2) is 0 Å². The lowest BCUT2D eigenvalue weighted by atomic mass is 10.5. The van der Waals surface area contributed by atoms with Crippen molar-refractivity contribution in [1.82, 2.24) is 0 Å². The number of halogens is 6. The zero-order chi connectivity index (χ0) is 9.83. The molecule has 0 aromatic carbocycles. The molecule has 0 rings (SSSR count). The van der Waals surface area contributed by atoms with E-state index in [4.69, 9.17) is 0 Å². The smallest absolute Gasteiger partial charge is 0.313 e. The summed E-state index contributed by atoms with van der Waals surface area (Å²) in [6, 6.07) is 0. The van der Waals surface area contributed by atoms with E-state index in [0.29, 0.717) is 0 Å². The molecule has 0 fully saturated rings. The molecule has 0 aliphatic rings. The minimum Gasteiger partial charge on any atom is -0.313 e. The first-order valence-electron chi connectivity index (χ1n) is 2.95. The van der Waals surface area contributed by atoms with Gasteiger partial charge in [-0.1, -0.05) is 0 Å². The van der Waals surface area contributed by atoms with Crippen LogP contribution in [-0.2, 0) is 4.74 Å². The van der Waals surface area contributed by atoms with Crippen LogP contribution in [0.25, 0.3) is 0 Å². The van der Waals surface area contributed by atoms with Gasteiger partial charge in [-0.15, -0.1) is 0 Å². The molecule has 12 heavy (non-hydrogen) atoms. The quantitative estimate of drug-likeness (QED) is 0.495. The molecule has 0 heterocycles. The highest BCUT2D eigenvalue weighted by atomic mass is 19.4. The van der Waals surface area contributed by atoms with E-state index in [1.807, 2.05) is 0 Å². The number of ether oxygens (including phenoxy) is 1. The fourth-order valence-corrected chi connectivity index (χ4v) is 0.337. The predicted molar refractivity (Wildman–Crippen MR) is 27.5 cm³/mol. The van der Waals surface area contributed by atoms with Gasteiger partial charge in [-0.25, -0.2) is 0 Å². The van der Waals surface area contributed by atoms with Gasteiger partial charge >= 0.3 is 12.3 Å². The second kappa shape index (κ2) is 3.97. The molecule has 0 aromatic rings. The Hall–Kier alpha value is -0.460. The topological polar surface area (TPSA) is 9.23 Å². The zero-order valence-electron chi connectivity index (χ0n) is 5.80. The van der Waals surface area contributed by atoms with Gasteiger partial charge in [0.25, 0.3) is 0 Å². The molecule has 0 N–H and O–H groups in total. The molecule has 74 valence electrons. The van der Waals surface area contributed by atoms with E-state index in [0.717, 1.165) is 0 Å². The molecular formula is C5H6F6O. The average molecular weight is 196 g/mol. The molecule has 0 saturated heterocycles. The predicted octanol–water partition coefficient (Wildman–Crippen LogP) is 2.52. The summed E-state index contributed by atoms with van der Waals surface area (Å²) in [4.78, 5) is 0. The second-order valence-electron chi connectivity index (χ2n) is 1.91. The minimum absolute atomic E-state index is 0.480. The first-order chi connectivity index (χ1) is 5.31. The van der Waals surface area contributed by atoms with E-state index < -0.39 is 32.0 Å². The Morgan fingerprint density at radius 3 is 1.83 bits per heavy atom.